The quantitative estimate of drug-likeness (QED) is 0.298. The van der Waals surface area contributed by atoms with Crippen LogP contribution in [0.15, 0.2) is 30.3 Å². The molecule has 0 aliphatic carbocycles. The summed E-state index contributed by atoms with van der Waals surface area (Å²) in [6, 6.07) is 9.26. The highest BCUT2D eigenvalue weighted by atomic mass is 16.5. The highest BCUT2D eigenvalue weighted by molar-refractivity contribution is 5.90. The fourth-order valence-corrected chi connectivity index (χ4v) is 5.34. The maximum absolute atomic E-state index is 13.4. The number of benzene rings is 1. The van der Waals surface area contributed by atoms with Gasteiger partial charge in [0.1, 0.15) is 12.1 Å². The summed E-state index contributed by atoms with van der Waals surface area (Å²) >= 11 is 0. The predicted octanol–water partition coefficient (Wildman–Crippen LogP) is 2.60. The topological polar surface area (TPSA) is 109 Å². The second-order valence-corrected chi connectivity index (χ2v) is 9.93. The molecule has 9 heteroatoms. The maximum Gasteiger partial charge on any atom is 0.407 e. The molecular weight excluding hydrogens is 460 g/mol. The van der Waals surface area contributed by atoms with Crippen LogP contribution in [0.25, 0.3) is 0 Å². The number of likely N-dealkylation sites (N-methyl/N-ethyl adjacent to an activating group) is 1. The average molecular weight is 503 g/mol. The number of rotatable bonds is 12. The summed E-state index contributed by atoms with van der Waals surface area (Å²) in [6.07, 6.45) is 5.69. The molecule has 0 radical (unpaired) electrons. The minimum Gasteiger partial charge on any atom is -0.467 e. The molecule has 0 aromatic heterocycles. The summed E-state index contributed by atoms with van der Waals surface area (Å²) < 4.78 is 10.6. The Morgan fingerprint density at radius 1 is 1.11 bits per heavy atom. The fraction of sp³-hybridized carbons (Fsp3) is 0.667. The lowest BCUT2D eigenvalue weighted by atomic mass is 9.79. The Morgan fingerprint density at radius 2 is 1.89 bits per heavy atom. The average Bonchev–Trinajstić information content (AvgIpc) is 3.46. The Hall–Kier alpha value is -2.65. The van der Waals surface area contributed by atoms with Crippen LogP contribution in [0.5, 0.6) is 0 Å². The smallest absolute Gasteiger partial charge is 0.407 e. The summed E-state index contributed by atoms with van der Waals surface area (Å²) in [6.45, 7) is 3.27. The van der Waals surface area contributed by atoms with E-state index >= 15 is 0 Å². The fourth-order valence-electron chi connectivity index (χ4n) is 5.34. The number of methoxy groups -OCH3 is 1. The molecule has 2 aliphatic heterocycles. The van der Waals surface area contributed by atoms with Gasteiger partial charge in [0.15, 0.2) is 0 Å². The van der Waals surface area contributed by atoms with Crippen molar-refractivity contribution in [2.24, 2.45) is 5.92 Å². The molecule has 2 saturated heterocycles. The first kappa shape index (κ1) is 27.9. The molecule has 1 aromatic carbocycles. The van der Waals surface area contributed by atoms with E-state index in [-0.39, 0.29) is 30.4 Å². The van der Waals surface area contributed by atoms with Gasteiger partial charge in [-0.3, -0.25) is 4.79 Å². The molecule has 2 fully saturated rings. The van der Waals surface area contributed by atoms with Gasteiger partial charge >= 0.3 is 12.1 Å². The van der Waals surface area contributed by atoms with Gasteiger partial charge in [-0.2, -0.15) is 0 Å². The van der Waals surface area contributed by atoms with E-state index in [1.807, 2.05) is 30.3 Å². The zero-order chi connectivity index (χ0) is 25.8. The third-order valence-corrected chi connectivity index (χ3v) is 7.42. The number of hydrogen-bond donors (Lipinski definition) is 3. The summed E-state index contributed by atoms with van der Waals surface area (Å²) in [4.78, 5) is 40.4. The van der Waals surface area contributed by atoms with Gasteiger partial charge in [-0.25, -0.2) is 9.59 Å². The SMILES string of the molecule is COC(=O)[C@@](CCCCNC(=O)OCc1ccccc1)(CC1CCCNC1)N(C)C(=O)[C@@H]1CCCN1. The van der Waals surface area contributed by atoms with Gasteiger partial charge < -0.3 is 30.3 Å². The Kier molecular flexibility index (Phi) is 11.0. The zero-order valence-electron chi connectivity index (χ0n) is 21.7. The van der Waals surface area contributed by atoms with Crippen LogP contribution in [-0.2, 0) is 25.7 Å². The standard InChI is InChI=1S/C27H42N4O5/c1-31(24(32)23-13-9-17-29-23)27(25(33)35-2,18-22-12-8-15-28-19-22)14-6-7-16-30-26(34)36-20-21-10-4-3-5-11-21/h3-5,10-11,22-23,28-29H,6-9,12-20H2,1-2H3,(H,30,34)/t22?,23-,27+/m0/s1. The molecule has 2 heterocycles. The highest BCUT2D eigenvalue weighted by Crippen LogP contribution is 2.34. The molecule has 1 aromatic rings. The van der Waals surface area contributed by atoms with Crippen molar-refractivity contribution in [1.29, 1.82) is 0 Å². The van der Waals surface area contributed by atoms with Crippen molar-refractivity contribution in [3.05, 3.63) is 35.9 Å². The molecule has 0 bridgehead atoms. The van der Waals surface area contributed by atoms with Crippen molar-refractivity contribution in [2.75, 3.05) is 40.3 Å². The minimum absolute atomic E-state index is 0.0516. The van der Waals surface area contributed by atoms with Gasteiger partial charge in [0, 0.05) is 13.6 Å². The van der Waals surface area contributed by atoms with E-state index in [1.165, 1.54) is 7.11 Å². The number of nitrogens with zero attached hydrogens (tertiary/aromatic N) is 1. The zero-order valence-corrected chi connectivity index (χ0v) is 21.7. The van der Waals surface area contributed by atoms with Gasteiger partial charge in [0.05, 0.1) is 13.2 Å². The first-order chi connectivity index (χ1) is 17.5. The van der Waals surface area contributed by atoms with Gasteiger partial charge in [-0.15, -0.1) is 0 Å². The summed E-state index contributed by atoms with van der Waals surface area (Å²) in [5, 5.41) is 9.47. The molecule has 9 nitrogen and oxygen atoms in total. The van der Waals surface area contributed by atoms with Crippen LogP contribution in [0.2, 0.25) is 0 Å². The largest absolute Gasteiger partial charge is 0.467 e. The van der Waals surface area contributed by atoms with Crippen molar-refractivity contribution in [1.82, 2.24) is 20.9 Å². The van der Waals surface area contributed by atoms with Crippen LogP contribution in [0.1, 0.15) is 56.9 Å². The number of nitrogens with one attached hydrogen (secondary N) is 3. The van der Waals surface area contributed by atoms with Crippen LogP contribution in [0, 0.1) is 5.92 Å². The van der Waals surface area contributed by atoms with Crippen LogP contribution in [0.4, 0.5) is 4.79 Å². The monoisotopic (exact) mass is 502 g/mol. The van der Waals surface area contributed by atoms with E-state index in [9.17, 15) is 14.4 Å². The highest BCUT2D eigenvalue weighted by Gasteiger charge is 2.48. The van der Waals surface area contributed by atoms with Gasteiger partial charge in [-0.05, 0) is 82.5 Å². The number of unbranched alkanes of at least 4 members (excludes halogenated alkanes) is 1. The normalized spacial score (nSPS) is 21.3. The second-order valence-electron chi connectivity index (χ2n) is 9.93. The van der Waals surface area contributed by atoms with Gasteiger partial charge in [0.25, 0.3) is 0 Å². The third kappa shape index (κ3) is 7.67. The number of esters is 1. The predicted molar refractivity (Wildman–Crippen MR) is 137 cm³/mol. The summed E-state index contributed by atoms with van der Waals surface area (Å²) in [5.41, 5.74) is -0.106. The molecular formula is C27H42N4O5. The van der Waals surface area contributed by atoms with Crippen LogP contribution >= 0.6 is 0 Å². The van der Waals surface area contributed by atoms with Crippen LogP contribution in [0.3, 0.4) is 0 Å². The lowest BCUT2D eigenvalue weighted by molar-refractivity contribution is -0.163. The number of ether oxygens (including phenoxy) is 2. The van der Waals surface area contributed by atoms with Crippen molar-refractivity contribution >= 4 is 18.0 Å². The number of piperidine rings is 1. The van der Waals surface area contributed by atoms with Crippen LogP contribution in [-0.4, -0.2) is 74.8 Å². The Bertz CT molecular complexity index is 840. The molecule has 200 valence electrons. The van der Waals surface area contributed by atoms with E-state index in [0.717, 1.165) is 50.9 Å². The molecule has 1 unspecified atom stereocenters. The van der Waals surface area contributed by atoms with E-state index < -0.39 is 11.6 Å². The first-order valence-corrected chi connectivity index (χ1v) is 13.2. The van der Waals surface area contributed by atoms with E-state index in [4.69, 9.17) is 9.47 Å². The third-order valence-electron chi connectivity index (χ3n) is 7.42. The molecule has 0 saturated carbocycles. The van der Waals surface area contributed by atoms with E-state index in [0.29, 0.717) is 32.2 Å². The van der Waals surface area contributed by atoms with E-state index in [2.05, 4.69) is 16.0 Å². The Balaban J connectivity index is 1.59. The number of carbonyl (C=O) groups excluding carboxylic acids is 3. The maximum atomic E-state index is 13.4. The van der Waals surface area contributed by atoms with Gasteiger partial charge in [-0.1, -0.05) is 30.3 Å². The van der Waals surface area contributed by atoms with E-state index in [1.54, 1.807) is 11.9 Å². The summed E-state index contributed by atoms with van der Waals surface area (Å²) in [5.74, 6) is -0.128. The van der Waals surface area contributed by atoms with Crippen molar-refractivity contribution in [3.63, 3.8) is 0 Å². The molecule has 2 aliphatic rings. The van der Waals surface area contributed by atoms with Crippen molar-refractivity contribution < 1.29 is 23.9 Å². The Labute approximate surface area is 214 Å². The molecule has 36 heavy (non-hydrogen) atoms. The summed E-state index contributed by atoms with van der Waals surface area (Å²) in [7, 11) is 3.14. The lowest BCUT2D eigenvalue weighted by Crippen LogP contribution is -2.60. The van der Waals surface area contributed by atoms with Crippen molar-refractivity contribution in [2.45, 2.75) is 69.6 Å². The number of hydrogen-bond acceptors (Lipinski definition) is 7. The first-order valence-electron chi connectivity index (χ1n) is 13.2. The molecule has 3 N–H and O–H groups in total. The second kappa shape index (κ2) is 14.2. The Morgan fingerprint density at radius 3 is 2.56 bits per heavy atom. The number of amides is 2. The number of carbonyl (C=O) groups is 3. The molecule has 3 rings (SSSR count). The number of alkyl carbamates (subject to hydrolysis) is 1. The lowest BCUT2D eigenvalue weighted by Gasteiger charge is -2.43. The van der Waals surface area contributed by atoms with Crippen molar-refractivity contribution in [3.8, 4) is 0 Å². The minimum atomic E-state index is -1.03. The molecule has 0 spiro atoms. The molecule has 3 atom stereocenters. The molecule has 2 amide bonds. The van der Waals surface area contributed by atoms with Gasteiger partial charge in [0.2, 0.25) is 5.91 Å². The van der Waals surface area contributed by atoms with Crippen LogP contribution < -0.4 is 16.0 Å².